The number of nitrogens with one attached hydrogen (secondary N) is 2. The fourth-order valence-electron chi connectivity index (χ4n) is 4.37. The third-order valence-corrected chi connectivity index (χ3v) is 5.95. The highest BCUT2D eigenvalue weighted by Crippen LogP contribution is 2.25. The lowest BCUT2D eigenvalue weighted by Gasteiger charge is -2.31. The number of methoxy groups -OCH3 is 1. The Morgan fingerprint density at radius 2 is 1.96 bits per heavy atom. The van der Waals surface area contributed by atoms with Crippen molar-refractivity contribution in [2.45, 2.75) is 56.8 Å². The molecule has 0 radical (unpaired) electrons. The van der Waals surface area contributed by atoms with Gasteiger partial charge in [-0.25, -0.2) is 4.79 Å². The highest BCUT2D eigenvalue weighted by atomic mass is 16.5. The molecule has 1 aliphatic carbocycles. The van der Waals surface area contributed by atoms with E-state index in [1.165, 1.54) is 32.1 Å². The number of para-hydroxylation sites is 1. The largest absolute Gasteiger partial charge is 0.378 e. The van der Waals surface area contributed by atoms with Crippen LogP contribution in [0.5, 0.6) is 0 Å². The minimum Gasteiger partial charge on any atom is -0.378 e. The molecular weight excluding hydrogens is 340 g/mol. The van der Waals surface area contributed by atoms with Crippen LogP contribution in [0.2, 0.25) is 0 Å². The first-order chi connectivity index (χ1) is 13.1. The number of likely N-dealkylation sites (N-methyl/N-ethyl adjacent to an activating group) is 1. The zero-order valence-electron chi connectivity index (χ0n) is 16.9. The van der Waals surface area contributed by atoms with E-state index in [9.17, 15) is 4.79 Å². The van der Waals surface area contributed by atoms with Crippen molar-refractivity contribution in [3.8, 4) is 0 Å². The van der Waals surface area contributed by atoms with Gasteiger partial charge in [-0.1, -0.05) is 37.5 Å². The molecule has 1 aromatic carbocycles. The van der Waals surface area contributed by atoms with Gasteiger partial charge < -0.3 is 20.3 Å². The molecule has 0 bridgehead atoms. The van der Waals surface area contributed by atoms with Crippen molar-refractivity contribution in [1.29, 1.82) is 0 Å². The minimum absolute atomic E-state index is 0.0112. The second kappa shape index (κ2) is 9.53. The Labute approximate surface area is 163 Å². The smallest absolute Gasteiger partial charge is 0.319 e. The molecule has 1 aromatic rings. The van der Waals surface area contributed by atoms with Crippen LogP contribution in [-0.4, -0.2) is 68.3 Å². The molecule has 1 saturated heterocycles. The van der Waals surface area contributed by atoms with E-state index in [2.05, 4.69) is 33.5 Å². The fourth-order valence-corrected chi connectivity index (χ4v) is 4.37. The number of hydrogen-bond donors (Lipinski definition) is 2. The van der Waals surface area contributed by atoms with Crippen LogP contribution >= 0.6 is 0 Å². The molecule has 6 heteroatoms. The first-order valence-corrected chi connectivity index (χ1v) is 10.1. The molecular formula is C21H34N4O2. The van der Waals surface area contributed by atoms with Crippen LogP contribution in [0.4, 0.5) is 10.5 Å². The fraction of sp³-hybridized carbons (Fsp3) is 0.667. The summed E-state index contributed by atoms with van der Waals surface area (Å²) in [6.07, 6.45) is 6.61. The molecule has 27 heavy (non-hydrogen) atoms. The predicted molar refractivity (Wildman–Crippen MR) is 109 cm³/mol. The molecule has 6 nitrogen and oxygen atoms in total. The molecule has 3 rings (SSSR count). The van der Waals surface area contributed by atoms with E-state index in [-0.39, 0.29) is 18.2 Å². The summed E-state index contributed by atoms with van der Waals surface area (Å²) in [6, 6.07) is 8.61. The van der Waals surface area contributed by atoms with Gasteiger partial charge in [-0.3, -0.25) is 4.90 Å². The number of hydrogen-bond acceptors (Lipinski definition) is 4. The van der Waals surface area contributed by atoms with Gasteiger partial charge in [0, 0.05) is 38.5 Å². The summed E-state index contributed by atoms with van der Waals surface area (Å²) in [7, 11) is 5.94. The number of nitrogens with zero attached hydrogens (tertiary/aromatic N) is 2. The summed E-state index contributed by atoms with van der Waals surface area (Å²) in [6.45, 7) is 2.50. The van der Waals surface area contributed by atoms with Gasteiger partial charge in [0.2, 0.25) is 0 Å². The summed E-state index contributed by atoms with van der Waals surface area (Å²) in [5.74, 6) is 0. The molecule has 1 heterocycles. The number of urea groups is 1. The Balaban J connectivity index is 1.59. The first-order valence-electron chi connectivity index (χ1n) is 10.1. The number of rotatable bonds is 6. The summed E-state index contributed by atoms with van der Waals surface area (Å²) >= 11 is 0. The molecule has 0 unspecified atom stereocenters. The van der Waals surface area contributed by atoms with Crippen molar-refractivity contribution in [1.82, 2.24) is 15.1 Å². The van der Waals surface area contributed by atoms with Crippen molar-refractivity contribution in [2.75, 3.05) is 39.6 Å². The summed E-state index contributed by atoms with van der Waals surface area (Å²) in [5, 5.41) is 6.13. The lowest BCUT2D eigenvalue weighted by molar-refractivity contribution is 0.0940. The number of likely N-dealkylation sites (tertiary alicyclic amines) is 1. The Kier molecular flexibility index (Phi) is 7.10. The minimum atomic E-state index is -0.162. The van der Waals surface area contributed by atoms with Gasteiger partial charge in [-0.2, -0.15) is 0 Å². The Morgan fingerprint density at radius 3 is 2.70 bits per heavy atom. The van der Waals surface area contributed by atoms with Gasteiger partial charge in [-0.05, 0) is 38.6 Å². The third-order valence-electron chi connectivity index (χ3n) is 5.95. The molecule has 1 saturated carbocycles. The summed E-state index contributed by atoms with van der Waals surface area (Å²) in [5.41, 5.74) is 2.05. The van der Waals surface area contributed by atoms with E-state index in [4.69, 9.17) is 4.74 Å². The van der Waals surface area contributed by atoms with Crippen LogP contribution in [0.25, 0.3) is 0 Å². The molecule has 2 N–H and O–H groups in total. The molecule has 2 amide bonds. The van der Waals surface area contributed by atoms with Crippen molar-refractivity contribution >= 4 is 11.7 Å². The van der Waals surface area contributed by atoms with Crippen LogP contribution in [0.1, 0.15) is 37.7 Å². The van der Waals surface area contributed by atoms with Crippen molar-refractivity contribution < 1.29 is 9.53 Å². The molecule has 0 aromatic heterocycles. The number of carbonyl (C=O) groups is 1. The monoisotopic (exact) mass is 374 g/mol. The average molecular weight is 375 g/mol. The lowest BCUT2D eigenvalue weighted by atomic mass is 9.94. The number of carbonyl (C=O) groups excluding carboxylic acids is 1. The highest BCUT2D eigenvalue weighted by Gasteiger charge is 2.32. The molecule has 2 fully saturated rings. The maximum absolute atomic E-state index is 12.6. The second-order valence-corrected chi connectivity index (χ2v) is 8.06. The van der Waals surface area contributed by atoms with Gasteiger partial charge in [0.15, 0.2) is 0 Å². The Bertz CT molecular complexity index is 618. The van der Waals surface area contributed by atoms with Gasteiger partial charge in [0.05, 0.1) is 12.1 Å². The Morgan fingerprint density at radius 1 is 1.22 bits per heavy atom. The quantitative estimate of drug-likeness (QED) is 0.804. The topological polar surface area (TPSA) is 56.8 Å². The zero-order valence-corrected chi connectivity index (χ0v) is 16.9. The van der Waals surface area contributed by atoms with Crippen LogP contribution < -0.4 is 10.6 Å². The van der Waals surface area contributed by atoms with Crippen LogP contribution in [-0.2, 0) is 11.3 Å². The summed E-state index contributed by atoms with van der Waals surface area (Å²) in [4.78, 5) is 17.2. The number of amides is 2. The van der Waals surface area contributed by atoms with Gasteiger partial charge in [-0.15, -0.1) is 0 Å². The van der Waals surface area contributed by atoms with Crippen LogP contribution in [0.3, 0.4) is 0 Å². The summed E-state index contributed by atoms with van der Waals surface area (Å²) < 4.78 is 5.50. The van der Waals surface area contributed by atoms with Crippen LogP contribution in [0.15, 0.2) is 24.3 Å². The van der Waals surface area contributed by atoms with E-state index in [1.807, 2.05) is 25.2 Å². The number of ether oxygens (including phenoxy) is 1. The van der Waals surface area contributed by atoms with E-state index in [0.29, 0.717) is 6.04 Å². The molecule has 1 aliphatic heterocycles. The van der Waals surface area contributed by atoms with E-state index in [0.717, 1.165) is 30.9 Å². The van der Waals surface area contributed by atoms with Crippen molar-refractivity contribution in [3.63, 3.8) is 0 Å². The molecule has 150 valence electrons. The number of anilines is 1. The highest BCUT2D eigenvalue weighted by molar-refractivity contribution is 5.90. The van der Waals surface area contributed by atoms with Crippen molar-refractivity contribution in [3.05, 3.63) is 29.8 Å². The second-order valence-electron chi connectivity index (χ2n) is 8.06. The van der Waals surface area contributed by atoms with Gasteiger partial charge in [0.25, 0.3) is 0 Å². The predicted octanol–water partition coefficient (Wildman–Crippen LogP) is 2.90. The van der Waals surface area contributed by atoms with Gasteiger partial charge in [0.1, 0.15) is 0 Å². The maximum Gasteiger partial charge on any atom is 0.319 e. The normalized spacial score (nSPS) is 24.3. The Hall–Kier alpha value is -1.63. The lowest BCUT2D eigenvalue weighted by Crippen LogP contribution is -2.45. The zero-order chi connectivity index (χ0) is 19.2. The third kappa shape index (κ3) is 5.43. The molecule has 2 aliphatic rings. The standard InChI is InChI=1S/C21H34N4O2/c1-24-14-19(20(15-24)27-3)23-21(26)22-18-12-8-7-9-16(18)13-25(2)17-10-5-4-6-11-17/h7-9,12,17,19-20H,4-6,10-11,13-15H2,1-3H3,(H2,22,23,26)/t19-,20-/m1/s1. The number of benzene rings is 1. The van der Waals surface area contributed by atoms with Crippen LogP contribution in [0, 0.1) is 0 Å². The molecule has 2 atom stereocenters. The maximum atomic E-state index is 12.6. The first kappa shape index (κ1) is 20.1. The van der Waals surface area contributed by atoms with Crippen molar-refractivity contribution in [2.24, 2.45) is 0 Å². The van der Waals surface area contributed by atoms with Gasteiger partial charge >= 0.3 is 6.03 Å². The SMILES string of the molecule is CO[C@@H]1CN(C)C[C@H]1NC(=O)Nc1ccccc1CN(C)C1CCCCC1. The van der Waals surface area contributed by atoms with E-state index < -0.39 is 0 Å². The van der Waals surface area contributed by atoms with E-state index in [1.54, 1.807) is 7.11 Å². The van der Waals surface area contributed by atoms with E-state index >= 15 is 0 Å². The molecule has 0 spiro atoms. The average Bonchev–Trinajstić information content (AvgIpc) is 3.03.